The molecule has 0 fully saturated rings. The number of nitrogen functional groups attached to an aromatic ring is 1. The predicted molar refractivity (Wildman–Crippen MR) is 72.3 cm³/mol. The second-order valence-electron chi connectivity index (χ2n) is 4.53. The van der Waals surface area contributed by atoms with Gasteiger partial charge in [0, 0.05) is 15.7 Å². The van der Waals surface area contributed by atoms with E-state index in [9.17, 15) is 4.39 Å². The maximum absolute atomic E-state index is 13.9. The minimum Gasteiger partial charge on any atom is -0.382 e. The topological polar surface area (TPSA) is 43.8 Å². The fourth-order valence-corrected chi connectivity index (χ4v) is 2.82. The zero-order valence-electron chi connectivity index (χ0n) is 9.79. The molecule has 0 amide bonds. The molecule has 3 rings (SSSR count). The minimum atomic E-state index is -0.283. The monoisotopic (exact) mass is 309 g/mol. The van der Waals surface area contributed by atoms with E-state index in [0.717, 1.165) is 41.4 Å². The lowest BCUT2D eigenvalue weighted by Gasteiger charge is -2.14. The highest BCUT2D eigenvalue weighted by Crippen LogP contribution is 2.29. The highest BCUT2D eigenvalue weighted by atomic mass is 79.9. The summed E-state index contributed by atoms with van der Waals surface area (Å²) in [4.78, 5) is 0. The van der Waals surface area contributed by atoms with Crippen LogP contribution in [0.2, 0.25) is 0 Å². The van der Waals surface area contributed by atoms with Crippen molar-refractivity contribution in [2.45, 2.75) is 25.7 Å². The van der Waals surface area contributed by atoms with E-state index in [1.165, 1.54) is 6.07 Å². The molecule has 1 aromatic carbocycles. The SMILES string of the molecule is Nc1nn(-c2cc(Br)ccc2F)c2c1CCCC2. The van der Waals surface area contributed by atoms with Crippen LogP contribution >= 0.6 is 15.9 Å². The van der Waals surface area contributed by atoms with Gasteiger partial charge in [-0.1, -0.05) is 15.9 Å². The number of benzene rings is 1. The van der Waals surface area contributed by atoms with Crippen molar-refractivity contribution in [1.29, 1.82) is 0 Å². The smallest absolute Gasteiger partial charge is 0.149 e. The largest absolute Gasteiger partial charge is 0.382 e. The number of nitrogens with two attached hydrogens (primary N) is 1. The summed E-state index contributed by atoms with van der Waals surface area (Å²) in [5.41, 5.74) is 8.51. The van der Waals surface area contributed by atoms with Gasteiger partial charge in [0.2, 0.25) is 0 Å². The summed E-state index contributed by atoms with van der Waals surface area (Å²) >= 11 is 3.36. The van der Waals surface area contributed by atoms with Crippen LogP contribution in [0.1, 0.15) is 24.1 Å². The number of rotatable bonds is 1. The Hall–Kier alpha value is -1.36. The van der Waals surface area contributed by atoms with Crippen molar-refractivity contribution in [1.82, 2.24) is 9.78 Å². The third-order valence-corrected chi connectivity index (χ3v) is 3.84. The lowest BCUT2D eigenvalue weighted by Crippen LogP contribution is -2.09. The fourth-order valence-electron chi connectivity index (χ4n) is 2.47. The van der Waals surface area contributed by atoms with Crippen LogP contribution in [0.15, 0.2) is 22.7 Å². The second kappa shape index (κ2) is 4.39. The summed E-state index contributed by atoms with van der Waals surface area (Å²) in [6.45, 7) is 0. The van der Waals surface area contributed by atoms with Crippen LogP contribution in [0.4, 0.5) is 10.2 Å². The quantitative estimate of drug-likeness (QED) is 0.879. The normalized spacial score (nSPS) is 14.6. The summed E-state index contributed by atoms with van der Waals surface area (Å²) in [6.07, 6.45) is 4.08. The van der Waals surface area contributed by atoms with E-state index in [0.29, 0.717) is 11.5 Å². The van der Waals surface area contributed by atoms with Gasteiger partial charge in [-0.25, -0.2) is 9.07 Å². The molecule has 0 atom stereocenters. The molecular formula is C13H13BrFN3. The van der Waals surface area contributed by atoms with Crippen molar-refractivity contribution >= 4 is 21.7 Å². The molecule has 1 aliphatic rings. The van der Waals surface area contributed by atoms with E-state index in [1.807, 2.05) is 0 Å². The number of anilines is 1. The first-order valence-electron chi connectivity index (χ1n) is 5.98. The van der Waals surface area contributed by atoms with E-state index >= 15 is 0 Å². The van der Waals surface area contributed by atoms with E-state index in [2.05, 4.69) is 21.0 Å². The average Bonchev–Trinajstić information content (AvgIpc) is 2.71. The minimum absolute atomic E-state index is 0.283. The zero-order valence-corrected chi connectivity index (χ0v) is 11.4. The summed E-state index contributed by atoms with van der Waals surface area (Å²) in [6, 6.07) is 4.85. The second-order valence-corrected chi connectivity index (χ2v) is 5.44. The summed E-state index contributed by atoms with van der Waals surface area (Å²) in [7, 11) is 0. The van der Waals surface area contributed by atoms with Gasteiger partial charge in [0.05, 0.1) is 0 Å². The first-order chi connectivity index (χ1) is 8.66. The lowest BCUT2D eigenvalue weighted by molar-refractivity contribution is 0.597. The van der Waals surface area contributed by atoms with Gasteiger partial charge in [0.25, 0.3) is 0 Å². The first-order valence-corrected chi connectivity index (χ1v) is 6.78. The summed E-state index contributed by atoms with van der Waals surface area (Å²) in [5, 5.41) is 4.30. The van der Waals surface area contributed by atoms with Crippen LogP contribution in [-0.4, -0.2) is 9.78 Å². The summed E-state index contributed by atoms with van der Waals surface area (Å²) < 4.78 is 16.4. The molecule has 0 unspecified atom stereocenters. The van der Waals surface area contributed by atoms with Gasteiger partial charge in [-0.3, -0.25) is 0 Å². The van der Waals surface area contributed by atoms with Gasteiger partial charge in [-0.2, -0.15) is 5.10 Å². The molecule has 1 aromatic heterocycles. The third kappa shape index (κ3) is 1.82. The molecule has 0 saturated carbocycles. The lowest BCUT2D eigenvalue weighted by atomic mass is 9.97. The molecule has 0 bridgehead atoms. The summed E-state index contributed by atoms with van der Waals surface area (Å²) in [5.74, 6) is 0.248. The number of nitrogens with zero attached hydrogens (tertiary/aromatic N) is 2. The van der Waals surface area contributed by atoms with Crippen molar-refractivity contribution in [3.05, 3.63) is 39.7 Å². The first kappa shape index (κ1) is 11.7. The van der Waals surface area contributed by atoms with E-state index in [4.69, 9.17) is 5.73 Å². The molecule has 3 nitrogen and oxygen atoms in total. The number of halogens is 2. The Morgan fingerprint density at radius 3 is 2.89 bits per heavy atom. The van der Waals surface area contributed by atoms with Crippen molar-refractivity contribution in [3.63, 3.8) is 0 Å². The molecule has 1 heterocycles. The van der Waals surface area contributed by atoms with Gasteiger partial charge in [-0.15, -0.1) is 0 Å². The molecular weight excluding hydrogens is 297 g/mol. The standard InChI is InChI=1S/C13H13BrFN3/c14-8-5-6-10(15)12(7-8)18-11-4-2-1-3-9(11)13(16)17-18/h5-7H,1-4H2,(H2,16,17). The molecule has 0 radical (unpaired) electrons. The van der Waals surface area contributed by atoms with Gasteiger partial charge in [0.15, 0.2) is 0 Å². The molecule has 2 N–H and O–H groups in total. The van der Waals surface area contributed by atoms with Crippen molar-refractivity contribution in [2.24, 2.45) is 0 Å². The maximum atomic E-state index is 13.9. The average molecular weight is 310 g/mol. The Labute approximate surface area is 113 Å². The highest BCUT2D eigenvalue weighted by Gasteiger charge is 2.21. The van der Waals surface area contributed by atoms with Gasteiger partial charge < -0.3 is 5.73 Å². The number of hydrogen-bond donors (Lipinski definition) is 1. The van der Waals surface area contributed by atoms with Crippen molar-refractivity contribution < 1.29 is 4.39 Å². The predicted octanol–water partition coefficient (Wildman–Crippen LogP) is 3.23. The third-order valence-electron chi connectivity index (χ3n) is 3.35. The van der Waals surface area contributed by atoms with E-state index < -0.39 is 0 Å². The van der Waals surface area contributed by atoms with Crippen molar-refractivity contribution in [2.75, 3.05) is 5.73 Å². The van der Waals surface area contributed by atoms with Gasteiger partial charge in [0.1, 0.15) is 17.3 Å². The Balaban J connectivity index is 2.20. The zero-order chi connectivity index (χ0) is 12.7. The molecule has 5 heteroatoms. The molecule has 94 valence electrons. The van der Waals surface area contributed by atoms with Gasteiger partial charge in [-0.05, 0) is 43.9 Å². The van der Waals surface area contributed by atoms with Crippen LogP contribution in [0.5, 0.6) is 0 Å². The number of fused-ring (bicyclic) bond motifs is 1. The van der Waals surface area contributed by atoms with Crippen molar-refractivity contribution in [3.8, 4) is 5.69 Å². The van der Waals surface area contributed by atoms with E-state index in [-0.39, 0.29) is 5.82 Å². The number of hydrogen-bond acceptors (Lipinski definition) is 2. The van der Waals surface area contributed by atoms with Crippen LogP contribution in [0.25, 0.3) is 5.69 Å². The Morgan fingerprint density at radius 2 is 2.06 bits per heavy atom. The van der Waals surface area contributed by atoms with Crippen LogP contribution in [0, 0.1) is 5.82 Å². The van der Waals surface area contributed by atoms with Crippen LogP contribution < -0.4 is 5.73 Å². The number of aromatic nitrogens is 2. The Bertz CT molecular complexity index is 607. The molecule has 0 saturated heterocycles. The molecule has 0 spiro atoms. The Morgan fingerprint density at radius 1 is 1.28 bits per heavy atom. The highest BCUT2D eigenvalue weighted by molar-refractivity contribution is 9.10. The molecule has 2 aromatic rings. The van der Waals surface area contributed by atoms with Gasteiger partial charge >= 0.3 is 0 Å². The Kier molecular flexibility index (Phi) is 2.86. The fraction of sp³-hybridized carbons (Fsp3) is 0.308. The van der Waals surface area contributed by atoms with Crippen LogP contribution in [0.3, 0.4) is 0 Å². The van der Waals surface area contributed by atoms with E-state index in [1.54, 1.807) is 16.8 Å². The molecule has 1 aliphatic carbocycles. The molecule has 0 aliphatic heterocycles. The molecule has 18 heavy (non-hydrogen) atoms. The van der Waals surface area contributed by atoms with Crippen LogP contribution in [-0.2, 0) is 12.8 Å². The maximum Gasteiger partial charge on any atom is 0.149 e.